The predicted octanol–water partition coefficient (Wildman–Crippen LogP) is 1.68. The molecule has 0 amide bonds. The van der Waals surface area contributed by atoms with Gasteiger partial charge in [-0.05, 0) is 24.1 Å². The monoisotopic (exact) mass is 224 g/mol. The number of carbonyl (C=O) groups excluding carboxylic acids is 1. The van der Waals surface area contributed by atoms with Crippen molar-refractivity contribution in [1.29, 1.82) is 0 Å². The third kappa shape index (κ3) is 3.24. The van der Waals surface area contributed by atoms with Gasteiger partial charge in [-0.2, -0.15) is 0 Å². The van der Waals surface area contributed by atoms with Crippen LogP contribution in [0.25, 0.3) is 0 Å². The molecule has 1 atom stereocenters. The third-order valence-corrected chi connectivity index (χ3v) is 2.09. The number of rotatable bonds is 5. The Morgan fingerprint density at radius 1 is 1.38 bits per heavy atom. The summed E-state index contributed by atoms with van der Waals surface area (Å²) >= 11 is 0. The van der Waals surface area contributed by atoms with Gasteiger partial charge < -0.3 is 14.6 Å². The van der Waals surface area contributed by atoms with Gasteiger partial charge in [-0.25, -0.2) is 4.79 Å². The van der Waals surface area contributed by atoms with Crippen LogP contribution < -0.4 is 4.74 Å². The van der Waals surface area contributed by atoms with Crippen LogP contribution in [-0.4, -0.2) is 24.8 Å². The smallest absolute Gasteiger partial charge is 0.339 e. The van der Waals surface area contributed by atoms with Gasteiger partial charge in [0.2, 0.25) is 0 Å². The van der Waals surface area contributed by atoms with Crippen LogP contribution in [0.2, 0.25) is 0 Å². The molecule has 0 radical (unpaired) electrons. The Labute approximate surface area is 94.8 Å². The first-order valence-electron chi connectivity index (χ1n) is 5.17. The summed E-state index contributed by atoms with van der Waals surface area (Å²) in [5.41, 5.74) is 0.496. The Hall–Kier alpha value is -1.55. The number of aliphatic hydroxyl groups excluding tert-OH is 1. The second-order valence-corrected chi connectivity index (χ2v) is 3.34. The van der Waals surface area contributed by atoms with Gasteiger partial charge in [0.25, 0.3) is 0 Å². The number of ether oxygens (including phenoxy) is 2. The SMILES string of the molecule is CCCOc1ccc([C@@H](O)C(=O)OC)cc1. The van der Waals surface area contributed by atoms with Gasteiger partial charge >= 0.3 is 5.97 Å². The topological polar surface area (TPSA) is 55.8 Å². The van der Waals surface area contributed by atoms with E-state index >= 15 is 0 Å². The van der Waals surface area contributed by atoms with Crippen LogP contribution in [0.1, 0.15) is 25.0 Å². The molecule has 4 heteroatoms. The third-order valence-electron chi connectivity index (χ3n) is 2.09. The van der Waals surface area contributed by atoms with Gasteiger partial charge in [0.15, 0.2) is 6.10 Å². The highest BCUT2D eigenvalue weighted by atomic mass is 16.5. The Morgan fingerprint density at radius 2 is 2.00 bits per heavy atom. The standard InChI is InChI=1S/C12H16O4/c1-3-8-16-10-6-4-9(5-7-10)11(13)12(14)15-2/h4-7,11,13H,3,8H2,1-2H3/t11-/m1/s1. The molecule has 0 aliphatic heterocycles. The van der Waals surface area contributed by atoms with Crippen LogP contribution in [0, 0.1) is 0 Å². The minimum Gasteiger partial charge on any atom is -0.494 e. The normalized spacial score (nSPS) is 11.9. The summed E-state index contributed by atoms with van der Waals surface area (Å²) in [5.74, 6) is 0.0601. The fraction of sp³-hybridized carbons (Fsp3) is 0.417. The van der Waals surface area contributed by atoms with E-state index < -0.39 is 12.1 Å². The molecule has 1 N–H and O–H groups in total. The van der Waals surface area contributed by atoms with Crippen molar-refractivity contribution in [1.82, 2.24) is 0 Å². The Balaban J connectivity index is 2.67. The summed E-state index contributed by atoms with van der Waals surface area (Å²) < 4.78 is 9.82. The fourth-order valence-corrected chi connectivity index (χ4v) is 1.21. The van der Waals surface area contributed by atoms with E-state index in [-0.39, 0.29) is 0 Å². The van der Waals surface area contributed by atoms with Gasteiger partial charge in [0.1, 0.15) is 5.75 Å². The maximum absolute atomic E-state index is 11.1. The minimum absolute atomic E-state index is 0.496. The number of aliphatic hydroxyl groups is 1. The molecule has 0 aliphatic carbocycles. The maximum atomic E-state index is 11.1. The molecule has 1 aromatic carbocycles. The number of methoxy groups -OCH3 is 1. The first-order chi connectivity index (χ1) is 7.69. The van der Waals surface area contributed by atoms with Crippen LogP contribution >= 0.6 is 0 Å². The van der Waals surface area contributed by atoms with E-state index in [2.05, 4.69) is 4.74 Å². The molecule has 16 heavy (non-hydrogen) atoms. The summed E-state index contributed by atoms with van der Waals surface area (Å²) in [6, 6.07) is 6.73. The van der Waals surface area contributed by atoms with Crippen molar-refractivity contribution in [2.45, 2.75) is 19.4 Å². The molecule has 0 fully saturated rings. The molecule has 0 heterocycles. The predicted molar refractivity (Wildman–Crippen MR) is 59.2 cm³/mol. The molecule has 1 aromatic rings. The molecule has 1 rings (SSSR count). The molecule has 0 unspecified atom stereocenters. The zero-order valence-corrected chi connectivity index (χ0v) is 9.47. The Bertz CT molecular complexity index is 331. The second kappa shape index (κ2) is 6.12. The summed E-state index contributed by atoms with van der Waals surface area (Å²) in [7, 11) is 1.24. The van der Waals surface area contributed by atoms with Gasteiger partial charge in [-0.15, -0.1) is 0 Å². The highest BCUT2D eigenvalue weighted by molar-refractivity contribution is 5.76. The van der Waals surface area contributed by atoms with Gasteiger partial charge in [0.05, 0.1) is 13.7 Å². The molecule has 0 saturated heterocycles. The molecule has 0 aliphatic rings. The van der Waals surface area contributed by atoms with Crippen molar-refractivity contribution in [2.24, 2.45) is 0 Å². The maximum Gasteiger partial charge on any atom is 0.339 e. The average Bonchev–Trinajstić information content (AvgIpc) is 2.35. The second-order valence-electron chi connectivity index (χ2n) is 3.34. The largest absolute Gasteiger partial charge is 0.494 e. The molecular weight excluding hydrogens is 208 g/mol. The highest BCUT2D eigenvalue weighted by Crippen LogP contribution is 2.18. The van der Waals surface area contributed by atoms with Gasteiger partial charge in [-0.1, -0.05) is 19.1 Å². The van der Waals surface area contributed by atoms with Crippen molar-refractivity contribution in [3.63, 3.8) is 0 Å². The lowest BCUT2D eigenvalue weighted by atomic mass is 10.1. The number of esters is 1. The fourth-order valence-electron chi connectivity index (χ4n) is 1.21. The summed E-state index contributed by atoms with van der Waals surface area (Å²) in [4.78, 5) is 11.1. The van der Waals surface area contributed by atoms with Crippen molar-refractivity contribution in [3.8, 4) is 5.75 Å². The summed E-state index contributed by atoms with van der Waals surface area (Å²) in [5, 5.41) is 9.54. The first-order valence-corrected chi connectivity index (χ1v) is 5.17. The first kappa shape index (κ1) is 12.5. The van der Waals surface area contributed by atoms with E-state index in [4.69, 9.17) is 4.74 Å². The minimum atomic E-state index is -1.23. The summed E-state index contributed by atoms with van der Waals surface area (Å²) in [6.45, 7) is 2.67. The molecular formula is C12H16O4. The molecule has 0 aromatic heterocycles. The van der Waals surface area contributed by atoms with E-state index in [0.29, 0.717) is 12.2 Å². The number of carbonyl (C=O) groups is 1. The van der Waals surface area contributed by atoms with Crippen molar-refractivity contribution in [3.05, 3.63) is 29.8 Å². The van der Waals surface area contributed by atoms with Crippen LogP contribution in [0.5, 0.6) is 5.75 Å². The van der Waals surface area contributed by atoms with E-state index in [9.17, 15) is 9.90 Å². The van der Waals surface area contributed by atoms with Crippen molar-refractivity contribution >= 4 is 5.97 Å². The average molecular weight is 224 g/mol. The highest BCUT2D eigenvalue weighted by Gasteiger charge is 2.17. The molecule has 0 spiro atoms. The van der Waals surface area contributed by atoms with Crippen LogP contribution in [-0.2, 0) is 9.53 Å². The molecule has 88 valence electrons. The van der Waals surface area contributed by atoms with Gasteiger partial charge in [0, 0.05) is 0 Å². The Morgan fingerprint density at radius 3 is 2.50 bits per heavy atom. The zero-order chi connectivity index (χ0) is 12.0. The van der Waals surface area contributed by atoms with E-state index in [0.717, 1.165) is 12.2 Å². The van der Waals surface area contributed by atoms with E-state index in [1.165, 1.54) is 7.11 Å². The van der Waals surface area contributed by atoms with Crippen molar-refractivity contribution in [2.75, 3.05) is 13.7 Å². The molecule has 4 nitrogen and oxygen atoms in total. The van der Waals surface area contributed by atoms with Gasteiger partial charge in [-0.3, -0.25) is 0 Å². The Kier molecular flexibility index (Phi) is 4.79. The number of hydrogen-bond acceptors (Lipinski definition) is 4. The zero-order valence-electron chi connectivity index (χ0n) is 9.47. The number of benzene rings is 1. The quantitative estimate of drug-likeness (QED) is 0.773. The van der Waals surface area contributed by atoms with Crippen molar-refractivity contribution < 1.29 is 19.4 Å². The van der Waals surface area contributed by atoms with Crippen LogP contribution in [0.3, 0.4) is 0 Å². The lowest BCUT2D eigenvalue weighted by Gasteiger charge is -2.09. The van der Waals surface area contributed by atoms with Crippen LogP contribution in [0.4, 0.5) is 0 Å². The molecule has 0 saturated carbocycles. The lowest BCUT2D eigenvalue weighted by Crippen LogP contribution is -2.13. The van der Waals surface area contributed by atoms with E-state index in [1.54, 1.807) is 24.3 Å². The lowest BCUT2D eigenvalue weighted by molar-refractivity contribution is -0.150. The number of hydrogen-bond donors (Lipinski definition) is 1. The molecule has 0 bridgehead atoms. The van der Waals surface area contributed by atoms with Crippen LogP contribution in [0.15, 0.2) is 24.3 Å². The summed E-state index contributed by atoms with van der Waals surface area (Å²) in [6.07, 6.45) is -0.294. The van der Waals surface area contributed by atoms with E-state index in [1.807, 2.05) is 6.92 Å².